The minimum atomic E-state index is -0.164. The molecule has 674 valence electrons. The van der Waals surface area contributed by atoms with Crippen LogP contribution in [-0.2, 0) is 21.7 Å². The normalized spacial score (nSPS) is 14.0. The van der Waals surface area contributed by atoms with E-state index in [-0.39, 0.29) is 21.7 Å². The predicted molar refractivity (Wildman–Crippen MR) is 610 cm³/mol. The van der Waals surface area contributed by atoms with Crippen molar-refractivity contribution in [2.24, 2.45) is 0 Å². The van der Waals surface area contributed by atoms with Crippen LogP contribution in [0.15, 0.2) is 465 Å². The van der Waals surface area contributed by atoms with Crippen molar-refractivity contribution in [3.63, 3.8) is 0 Å². The summed E-state index contributed by atoms with van der Waals surface area (Å²) in [6, 6.07) is 171. The van der Waals surface area contributed by atoms with Crippen LogP contribution in [0.2, 0.25) is 0 Å². The molecule has 1 heterocycles. The summed E-state index contributed by atoms with van der Waals surface area (Å²) >= 11 is 0. The highest BCUT2D eigenvalue weighted by Crippen LogP contribution is 2.62. The quantitative estimate of drug-likeness (QED) is 0.145. The van der Waals surface area contributed by atoms with E-state index in [1.165, 1.54) is 280 Å². The monoisotopic (exact) mass is 1820 g/mol. The molecule has 0 saturated carbocycles. The van der Waals surface area contributed by atoms with Gasteiger partial charge in [0.15, 0.2) is 0 Å². The molecule has 0 radical (unpaired) electrons. The lowest BCUT2D eigenvalue weighted by Crippen LogP contribution is -2.16. The molecule has 0 fully saturated rings. The van der Waals surface area contributed by atoms with Gasteiger partial charge < -0.3 is 4.42 Å². The van der Waals surface area contributed by atoms with Gasteiger partial charge >= 0.3 is 0 Å². The molecule has 1 heteroatoms. The molecule has 26 aromatic rings. The SMILES string of the molecule is CC1(C)c2ccc3ccccc3c2-c2cccc(-c3c4ccccc4c(-c4ccc5oc6ccc7ccccc7c6c5c4)c4ccccc34)c21.CC1(C)c2ccc3ccccc3c2-c2cccc(-c3c4ccccc4c(-c4ccccc4-c4ccccc4)c4ccccc34)c21.CC1(C)c2ccccc2-c2ccc(-c3c4ccccc4c(-c4cccc5c4C(C)(C)c4ccc6ccccc6c4-5)c4ccccc34)cc21. The van der Waals surface area contributed by atoms with Crippen LogP contribution in [0, 0.1) is 0 Å². The molecular weight excluding hydrogens is 1720 g/mol. The van der Waals surface area contributed by atoms with E-state index in [0.29, 0.717) is 0 Å². The zero-order chi connectivity index (χ0) is 95.6. The van der Waals surface area contributed by atoms with Crippen LogP contribution in [0.25, 0.3) is 252 Å². The molecule has 0 saturated heterocycles. The highest BCUT2D eigenvalue weighted by atomic mass is 16.3. The molecular formula is C142H100O. The van der Waals surface area contributed by atoms with Gasteiger partial charge in [0.2, 0.25) is 0 Å². The topological polar surface area (TPSA) is 13.1 Å². The first kappa shape index (κ1) is 84.0. The Bertz CT molecular complexity index is 9800. The van der Waals surface area contributed by atoms with Crippen LogP contribution in [-0.4, -0.2) is 0 Å². The average molecular weight is 1820 g/mol. The van der Waals surface area contributed by atoms with Gasteiger partial charge in [0.1, 0.15) is 11.2 Å². The standard InChI is InChI=1S/C49H32O.C48H36.C45H32/c1-49(2)41-25-22-29-12-3-5-14-32(29)46(41)39-21-11-20-38(48(39)49)45-36-18-9-7-16-34(36)44(35-17-8-10-19-37(35)45)31-24-26-42-40(28-31)47-33-15-6-4-13-30(33)23-27-43(47)50-42;1-47(2)40-23-12-11-16-32(40)33-26-24-30(28-42(33)47)43-34-17-7-9-19-36(34)44(37-20-10-8-18-35(37)43)38-21-13-22-39-45-31-15-6-5-14-29(31)25-27-41(45)48(3,4)46(38)39;1-45(2)40-28-27-30-17-6-7-19-32(30)43(40)39-26-14-25-38(44(39)45)42-36-23-12-10-21-34(36)41(35-22-11-13-24-37(35)42)33-20-9-8-18-31(33)29-15-4-3-5-16-29/h3-28H,1-2H3;5-28H,1-4H3;3-28H,1-2H3. The third kappa shape index (κ3) is 12.3. The number of benzene rings is 25. The summed E-state index contributed by atoms with van der Waals surface area (Å²) in [6.07, 6.45) is 0. The summed E-state index contributed by atoms with van der Waals surface area (Å²) in [4.78, 5) is 0. The second-order valence-electron chi connectivity index (χ2n) is 42.0. The fraction of sp³-hybridized carbons (Fsp3) is 0.0845. The molecule has 30 rings (SSSR count). The van der Waals surface area contributed by atoms with Crippen LogP contribution in [0.4, 0.5) is 0 Å². The van der Waals surface area contributed by atoms with Gasteiger partial charge in [0.25, 0.3) is 0 Å². The van der Waals surface area contributed by atoms with E-state index in [4.69, 9.17) is 4.42 Å². The predicted octanol–water partition coefficient (Wildman–Crippen LogP) is 39.4. The molecule has 143 heavy (non-hydrogen) atoms. The second kappa shape index (κ2) is 31.7. The van der Waals surface area contributed by atoms with Crippen molar-refractivity contribution in [2.75, 3.05) is 0 Å². The maximum absolute atomic E-state index is 6.42. The Hall–Kier alpha value is -17.1. The lowest BCUT2D eigenvalue weighted by Gasteiger charge is -2.26. The number of fused-ring (bicyclic) bond motifs is 29. The van der Waals surface area contributed by atoms with E-state index in [0.717, 1.165) is 16.6 Å². The highest BCUT2D eigenvalue weighted by Gasteiger charge is 2.44. The molecule has 4 aliphatic rings. The molecule has 0 unspecified atom stereocenters. The summed E-state index contributed by atoms with van der Waals surface area (Å²) in [5, 5.41) is 28.1. The smallest absolute Gasteiger partial charge is 0.136 e. The van der Waals surface area contributed by atoms with E-state index < -0.39 is 0 Å². The molecule has 0 bridgehead atoms. The van der Waals surface area contributed by atoms with E-state index in [2.05, 4.69) is 516 Å². The van der Waals surface area contributed by atoms with Crippen molar-refractivity contribution >= 4 is 130 Å². The summed E-state index contributed by atoms with van der Waals surface area (Å²) in [5.41, 5.74) is 41.6. The third-order valence-corrected chi connectivity index (χ3v) is 33.1. The Balaban J connectivity index is 0.000000105. The fourth-order valence-electron chi connectivity index (χ4n) is 26.9. The number of rotatable bonds is 7. The fourth-order valence-corrected chi connectivity index (χ4v) is 26.9. The molecule has 4 aliphatic carbocycles. The van der Waals surface area contributed by atoms with Gasteiger partial charge in [-0.15, -0.1) is 0 Å². The molecule has 25 aromatic carbocycles. The van der Waals surface area contributed by atoms with E-state index in [9.17, 15) is 0 Å². The minimum absolute atomic E-state index is 0.0527. The number of hydrogen-bond donors (Lipinski definition) is 0. The number of hydrogen-bond acceptors (Lipinski definition) is 1. The highest BCUT2D eigenvalue weighted by molar-refractivity contribution is 6.28. The van der Waals surface area contributed by atoms with Crippen LogP contribution >= 0.6 is 0 Å². The van der Waals surface area contributed by atoms with E-state index in [1.807, 2.05) is 0 Å². The van der Waals surface area contributed by atoms with Gasteiger partial charge in [-0.1, -0.05) is 492 Å². The Morgan fingerprint density at radius 3 is 0.811 bits per heavy atom. The molecule has 0 atom stereocenters. The average Bonchev–Trinajstić information content (AvgIpc) is 1.57. The maximum atomic E-state index is 6.42. The van der Waals surface area contributed by atoms with Crippen molar-refractivity contribution in [3.8, 4) is 122 Å². The van der Waals surface area contributed by atoms with Crippen molar-refractivity contribution in [1.29, 1.82) is 0 Å². The molecule has 0 amide bonds. The minimum Gasteiger partial charge on any atom is -0.456 e. The van der Waals surface area contributed by atoms with Crippen LogP contribution in [0.5, 0.6) is 0 Å². The van der Waals surface area contributed by atoms with Crippen LogP contribution < -0.4 is 0 Å². The van der Waals surface area contributed by atoms with Gasteiger partial charge in [0.05, 0.1) is 0 Å². The van der Waals surface area contributed by atoms with E-state index in [1.54, 1.807) is 0 Å². The largest absolute Gasteiger partial charge is 0.456 e. The van der Waals surface area contributed by atoms with Crippen molar-refractivity contribution in [1.82, 2.24) is 0 Å². The first-order chi connectivity index (χ1) is 70.1. The summed E-state index contributed by atoms with van der Waals surface area (Å²) in [6.45, 7) is 19.2. The maximum Gasteiger partial charge on any atom is 0.136 e. The van der Waals surface area contributed by atoms with Crippen LogP contribution in [0.3, 0.4) is 0 Å². The van der Waals surface area contributed by atoms with Crippen molar-refractivity contribution in [2.45, 2.75) is 77.0 Å². The second-order valence-corrected chi connectivity index (χ2v) is 42.0. The summed E-state index contributed by atoms with van der Waals surface area (Å²) in [5.74, 6) is 0. The zero-order valence-electron chi connectivity index (χ0n) is 81.3. The van der Waals surface area contributed by atoms with E-state index >= 15 is 0 Å². The summed E-state index contributed by atoms with van der Waals surface area (Å²) < 4.78 is 6.42. The number of furan rings is 1. The van der Waals surface area contributed by atoms with Crippen LogP contribution in [0.1, 0.15) is 99.9 Å². The van der Waals surface area contributed by atoms with Gasteiger partial charge in [-0.25, -0.2) is 0 Å². The van der Waals surface area contributed by atoms with Gasteiger partial charge in [-0.3, -0.25) is 0 Å². The van der Waals surface area contributed by atoms with Crippen molar-refractivity contribution in [3.05, 3.63) is 506 Å². The molecule has 0 aliphatic heterocycles. The summed E-state index contributed by atoms with van der Waals surface area (Å²) in [7, 11) is 0. The van der Waals surface area contributed by atoms with Crippen molar-refractivity contribution < 1.29 is 4.42 Å². The molecule has 0 spiro atoms. The lowest BCUT2D eigenvalue weighted by molar-refractivity contribution is 0.660. The molecule has 0 N–H and O–H groups in total. The third-order valence-electron chi connectivity index (χ3n) is 33.1. The lowest BCUT2D eigenvalue weighted by atomic mass is 9.76. The zero-order valence-corrected chi connectivity index (χ0v) is 81.3. The first-order valence-electron chi connectivity index (χ1n) is 50.6. The van der Waals surface area contributed by atoms with Gasteiger partial charge in [-0.05, 0) is 299 Å². The molecule has 1 aromatic heterocycles. The Morgan fingerprint density at radius 1 is 0.140 bits per heavy atom. The van der Waals surface area contributed by atoms with Gasteiger partial charge in [0, 0.05) is 32.4 Å². The Morgan fingerprint density at radius 2 is 0.413 bits per heavy atom. The Kier molecular flexibility index (Phi) is 18.6. The van der Waals surface area contributed by atoms with Gasteiger partial charge in [-0.2, -0.15) is 0 Å². The molecule has 1 nitrogen and oxygen atoms in total. The Labute approximate surface area is 833 Å². The first-order valence-corrected chi connectivity index (χ1v) is 50.6.